The number of carbonyl (C=O) groups excluding carboxylic acids is 1. The maximum Gasteiger partial charge on any atom is 0.255 e. The van der Waals surface area contributed by atoms with Gasteiger partial charge in [0.1, 0.15) is 16.7 Å². The first kappa shape index (κ1) is 26.7. The average Bonchev–Trinajstić information content (AvgIpc) is 2.85. The molecule has 1 amide bonds. The van der Waals surface area contributed by atoms with Crippen LogP contribution in [-0.2, 0) is 10.0 Å². The van der Waals surface area contributed by atoms with Gasteiger partial charge in [-0.2, -0.15) is 4.31 Å². The minimum Gasteiger partial charge on any atom is -0.487 e. The average molecular weight is 500 g/mol. The van der Waals surface area contributed by atoms with Crippen LogP contribution in [0.2, 0.25) is 0 Å². The maximum absolute atomic E-state index is 13.5. The molecule has 1 aromatic carbocycles. The molecule has 0 spiro atoms. The van der Waals surface area contributed by atoms with Crippen molar-refractivity contribution >= 4 is 15.9 Å². The van der Waals surface area contributed by atoms with Crippen molar-refractivity contribution in [2.75, 3.05) is 26.7 Å². The summed E-state index contributed by atoms with van der Waals surface area (Å²) in [5, 5.41) is 9.78. The molecule has 2 heterocycles. The summed E-state index contributed by atoms with van der Waals surface area (Å²) in [4.78, 5) is 18.5. The van der Waals surface area contributed by atoms with E-state index in [-0.39, 0.29) is 42.2 Å². The molecule has 1 N–H and O–H groups in total. The van der Waals surface area contributed by atoms with E-state index in [4.69, 9.17) is 4.74 Å². The molecule has 35 heavy (non-hydrogen) atoms. The second-order valence-corrected chi connectivity index (χ2v) is 10.7. The third kappa shape index (κ3) is 6.20. The Morgan fingerprint density at radius 1 is 1.37 bits per heavy atom. The first-order valence-corrected chi connectivity index (χ1v) is 13.2. The molecule has 0 bridgehead atoms. The number of aromatic nitrogens is 1. The number of pyridine rings is 1. The van der Waals surface area contributed by atoms with E-state index in [1.165, 1.54) is 16.6 Å². The Kier molecular flexibility index (Phi) is 8.89. The second-order valence-electron chi connectivity index (χ2n) is 8.88. The number of carbonyl (C=O) groups is 1. The molecule has 9 heteroatoms. The van der Waals surface area contributed by atoms with Crippen LogP contribution in [0.3, 0.4) is 0 Å². The lowest BCUT2D eigenvalue weighted by Gasteiger charge is -2.37. The lowest BCUT2D eigenvalue weighted by molar-refractivity contribution is 0.0563. The van der Waals surface area contributed by atoms with Crippen LogP contribution in [0.25, 0.3) is 0 Å². The summed E-state index contributed by atoms with van der Waals surface area (Å²) >= 11 is 0. The van der Waals surface area contributed by atoms with Crippen molar-refractivity contribution in [2.24, 2.45) is 5.92 Å². The molecule has 188 valence electrons. The van der Waals surface area contributed by atoms with Gasteiger partial charge in [0.2, 0.25) is 10.0 Å². The molecule has 3 rings (SSSR count). The molecule has 1 aromatic heterocycles. The minimum atomic E-state index is -3.93. The zero-order chi connectivity index (χ0) is 25.6. The SMILES string of the molecule is CCCC#Cc1ccc2c(c1)O[C@H](CN(C)C(=O)c1cccnc1)[C@H](C)CN([C@H](C)CO)S2(=O)=O. The van der Waals surface area contributed by atoms with Crippen LogP contribution in [0.5, 0.6) is 5.75 Å². The predicted octanol–water partition coefficient (Wildman–Crippen LogP) is 2.77. The van der Waals surface area contributed by atoms with E-state index in [9.17, 15) is 18.3 Å². The lowest BCUT2D eigenvalue weighted by atomic mass is 10.0. The quantitative estimate of drug-likeness (QED) is 0.614. The van der Waals surface area contributed by atoms with E-state index < -0.39 is 22.2 Å². The first-order valence-electron chi connectivity index (χ1n) is 11.8. The molecule has 0 saturated heterocycles. The third-order valence-electron chi connectivity index (χ3n) is 5.98. The van der Waals surface area contributed by atoms with Crippen LogP contribution in [0.4, 0.5) is 0 Å². The summed E-state index contributed by atoms with van der Waals surface area (Å²) in [7, 11) is -2.25. The van der Waals surface area contributed by atoms with Crippen LogP contribution in [0.1, 0.15) is 49.5 Å². The largest absolute Gasteiger partial charge is 0.487 e. The van der Waals surface area contributed by atoms with Crippen molar-refractivity contribution in [2.45, 2.75) is 50.7 Å². The second kappa shape index (κ2) is 11.7. The fraction of sp³-hybridized carbons (Fsp3) is 0.462. The fourth-order valence-electron chi connectivity index (χ4n) is 3.87. The van der Waals surface area contributed by atoms with Gasteiger partial charge >= 0.3 is 0 Å². The molecule has 0 fully saturated rings. The zero-order valence-electron chi connectivity index (χ0n) is 20.6. The third-order valence-corrected chi connectivity index (χ3v) is 8.00. The van der Waals surface area contributed by atoms with Gasteiger partial charge in [-0.25, -0.2) is 8.42 Å². The van der Waals surface area contributed by atoms with E-state index in [0.29, 0.717) is 11.1 Å². The molecule has 0 unspecified atom stereocenters. The number of sulfonamides is 1. The lowest BCUT2D eigenvalue weighted by Crippen LogP contribution is -2.50. The first-order chi connectivity index (χ1) is 16.7. The van der Waals surface area contributed by atoms with Gasteiger partial charge < -0.3 is 14.7 Å². The normalized spacial score (nSPS) is 20.3. The summed E-state index contributed by atoms with van der Waals surface area (Å²) in [5.41, 5.74) is 1.11. The van der Waals surface area contributed by atoms with Crippen molar-refractivity contribution < 1.29 is 23.1 Å². The Bertz CT molecular complexity index is 1190. The number of unbranched alkanes of at least 4 members (excludes halogenated alkanes) is 1. The van der Waals surface area contributed by atoms with Gasteiger partial charge in [-0.05, 0) is 43.7 Å². The summed E-state index contributed by atoms with van der Waals surface area (Å²) in [5.74, 6) is 5.85. The van der Waals surface area contributed by atoms with Crippen LogP contribution < -0.4 is 4.74 Å². The Balaban J connectivity index is 2.01. The van der Waals surface area contributed by atoms with E-state index in [0.717, 1.165) is 12.8 Å². The van der Waals surface area contributed by atoms with Crippen molar-refractivity contribution in [1.29, 1.82) is 0 Å². The highest BCUT2D eigenvalue weighted by atomic mass is 32.2. The number of aliphatic hydroxyl groups is 1. The highest BCUT2D eigenvalue weighted by Gasteiger charge is 2.38. The van der Waals surface area contributed by atoms with Gasteiger partial charge in [-0.3, -0.25) is 9.78 Å². The summed E-state index contributed by atoms with van der Waals surface area (Å²) in [6.07, 6.45) is 4.27. The molecule has 0 radical (unpaired) electrons. The molecule has 1 aliphatic rings. The van der Waals surface area contributed by atoms with E-state index in [1.807, 2.05) is 13.8 Å². The number of ether oxygens (including phenoxy) is 1. The Labute approximate surface area is 208 Å². The number of nitrogens with zero attached hydrogens (tertiary/aromatic N) is 3. The number of hydrogen-bond donors (Lipinski definition) is 1. The molecule has 2 aromatic rings. The summed E-state index contributed by atoms with van der Waals surface area (Å²) in [6, 6.07) is 7.60. The smallest absolute Gasteiger partial charge is 0.255 e. The van der Waals surface area contributed by atoms with E-state index in [2.05, 4.69) is 16.8 Å². The van der Waals surface area contributed by atoms with Gasteiger partial charge in [0.25, 0.3) is 5.91 Å². The number of fused-ring (bicyclic) bond motifs is 1. The van der Waals surface area contributed by atoms with Gasteiger partial charge in [0.15, 0.2) is 0 Å². The van der Waals surface area contributed by atoms with Gasteiger partial charge in [0, 0.05) is 49.9 Å². The van der Waals surface area contributed by atoms with Crippen molar-refractivity contribution in [3.05, 3.63) is 53.9 Å². The van der Waals surface area contributed by atoms with E-state index >= 15 is 0 Å². The topological polar surface area (TPSA) is 100 Å². The maximum atomic E-state index is 13.5. The van der Waals surface area contributed by atoms with Crippen molar-refractivity contribution in [3.8, 4) is 17.6 Å². The summed E-state index contributed by atoms with van der Waals surface area (Å²) < 4.78 is 34.7. The Morgan fingerprint density at radius 3 is 2.80 bits per heavy atom. The fourth-order valence-corrected chi connectivity index (χ4v) is 5.70. The molecule has 1 aliphatic heterocycles. The van der Waals surface area contributed by atoms with Crippen LogP contribution >= 0.6 is 0 Å². The number of hydrogen-bond acceptors (Lipinski definition) is 6. The van der Waals surface area contributed by atoms with Crippen LogP contribution in [0, 0.1) is 17.8 Å². The molecule has 3 atom stereocenters. The van der Waals surface area contributed by atoms with Crippen molar-refractivity contribution in [1.82, 2.24) is 14.2 Å². The van der Waals surface area contributed by atoms with Gasteiger partial charge in [-0.1, -0.05) is 25.7 Å². The molecule has 0 aliphatic carbocycles. The number of amides is 1. The highest BCUT2D eigenvalue weighted by Crippen LogP contribution is 2.34. The van der Waals surface area contributed by atoms with Gasteiger partial charge in [0.05, 0.1) is 18.7 Å². The summed E-state index contributed by atoms with van der Waals surface area (Å²) in [6.45, 7) is 5.66. The zero-order valence-corrected chi connectivity index (χ0v) is 21.5. The molecule has 0 saturated carbocycles. The number of rotatable bonds is 6. The monoisotopic (exact) mass is 499 g/mol. The highest BCUT2D eigenvalue weighted by molar-refractivity contribution is 7.89. The minimum absolute atomic E-state index is 0.0250. The van der Waals surface area contributed by atoms with E-state index in [1.54, 1.807) is 49.3 Å². The standard InChI is InChI=1S/C26H33N3O5S/c1-5-6-7-9-21-11-12-25-23(14-21)34-24(17-28(4)26(31)22-10-8-13-27-15-22)19(2)16-29(20(3)18-30)35(25,32)33/h8,10-15,19-20,24,30H,5-6,16-18H2,1-4H3/t19-,20-,24-/m1/s1. The number of benzene rings is 1. The number of aliphatic hydroxyl groups excluding tert-OH is 1. The van der Waals surface area contributed by atoms with Gasteiger partial charge in [-0.15, -0.1) is 0 Å². The molecule has 8 nitrogen and oxygen atoms in total. The molecular weight excluding hydrogens is 466 g/mol. The predicted molar refractivity (Wildman–Crippen MR) is 133 cm³/mol. The van der Waals surface area contributed by atoms with Crippen molar-refractivity contribution in [3.63, 3.8) is 0 Å². The van der Waals surface area contributed by atoms with Crippen LogP contribution in [0.15, 0.2) is 47.6 Å². The number of likely N-dealkylation sites (N-methyl/N-ethyl adjacent to an activating group) is 1. The Hall–Kier alpha value is -2.93. The molecular formula is C26H33N3O5S. The van der Waals surface area contributed by atoms with Crippen LogP contribution in [-0.4, -0.2) is 72.5 Å². The Morgan fingerprint density at radius 2 is 2.14 bits per heavy atom.